The van der Waals surface area contributed by atoms with Crippen molar-refractivity contribution in [3.8, 4) is 0 Å². The molecule has 0 aromatic carbocycles. The summed E-state index contributed by atoms with van der Waals surface area (Å²) in [5, 5.41) is 3.49. The second kappa shape index (κ2) is 2.87. The van der Waals surface area contributed by atoms with E-state index in [4.69, 9.17) is 0 Å². The maximum absolute atomic E-state index is 4.22. The van der Waals surface area contributed by atoms with Crippen molar-refractivity contribution in [2.45, 2.75) is 19.8 Å². The molecular formula is C10H11NS. The smallest absolute Gasteiger partial charge is 0.0528 e. The van der Waals surface area contributed by atoms with Crippen LogP contribution in [0.15, 0.2) is 23.8 Å². The Morgan fingerprint density at radius 1 is 1.33 bits per heavy atom. The third kappa shape index (κ3) is 1.12. The summed E-state index contributed by atoms with van der Waals surface area (Å²) >= 11 is 1.76. The number of fused-ring (bicyclic) bond motifs is 1. The van der Waals surface area contributed by atoms with Gasteiger partial charge in [0.15, 0.2) is 0 Å². The molecule has 0 atom stereocenters. The molecule has 0 radical (unpaired) electrons. The van der Waals surface area contributed by atoms with E-state index in [0.29, 0.717) is 5.92 Å². The molecule has 0 aliphatic rings. The van der Waals surface area contributed by atoms with Gasteiger partial charge in [-0.1, -0.05) is 13.8 Å². The van der Waals surface area contributed by atoms with Crippen LogP contribution in [0.3, 0.4) is 0 Å². The number of pyridine rings is 1. The first-order valence-electron chi connectivity index (χ1n) is 4.10. The van der Waals surface area contributed by atoms with Gasteiger partial charge < -0.3 is 0 Å². The molecule has 1 nitrogen and oxygen atoms in total. The van der Waals surface area contributed by atoms with Gasteiger partial charge in [0, 0.05) is 12.4 Å². The molecule has 0 unspecified atom stereocenters. The maximum atomic E-state index is 4.22. The van der Waals surface area contributed by atoms with E-state index in [1.54, 1.807) is 11.3 Å². The number of nitrogens with zero attached hydrogens (tertiary/aromatic N) is 1. The van der Waals surface area contributed by atoms with Gasteiger partial charge in [0.1, 0.15) is 0 Å². The molecule has 0 saturated carbocycles. The van der Waals surface area contributed by atoms with Crippen molar-refractivity contribution >= 4 is 21.4 Å². The van der Waals surface area contributed by atoms with Crippen LogP contribution in [0.1, 0.15) is 25.3 Å². The quantitative estimate of drug-likeness (QED) is 0.650. The van der Waals surface area contributed by atoms with E-state index in [1.165, 1.54) is 15.6 Å². The first kappa shape index (κ1) is 7.74. The molecule has 2 aromatic heterocycles. The molecule has 12 heavy (non-hydrogen) atoms. The molecule has 0 fully saturated rings. The molecule has 0 aliphatic heterocycles. The van der Waals surface area contributed by atoms with Crippen molar-refractivity contribution in [3.05, 3.63) is 29.4 Å². The van der Waals surface area contributed by atoms with E-state index in [-0.39, 0.29) is 0 Å². The topological polar surface area (TPSA) is 12.9 Å². The average molecular weight is 177 g/mol. The molecule has 0 amide bonds. The first-order chi connectivity index (χ1) is 5.79. The predicted octanol–water partition coefficient (Wildman–Crippen LogP) is 3.42. The predicted molar refractivity (Wildman–Crippen MR) is 53.7 cm³/mol. The summed E-state index contributed by atoms with van der Waals surface area (Å²) in [7, 11) is 0. The number of rotatable bonds is 1. The van der Waals surface area contributed by atoms with Gasteiger partial charge >= 0.3 is 0 Å². The highest BCUT2D eigenvalue weighted by Gasteiger charge is 2.05. The highest BCUT2D eigenvalue weighted by molar-refractivity contribution is 7.17. The second-order valence-corrected chi connectivity index (χ2v) is 4.16. The Morgan fingerprint density at radius 3 is 2.92 bits per heavy atom. The molecule has 0 spiro atoms. The lowest BCUT2D eigenvalue weighted by atomic mass is 10.0. The Balaban J connectivity index is 2.73. The largest absolute Gasteiger partial charge is 0.263 e. The Hall–Kier alpha value is -0.890. The third-order valence-electron chi connectivity index (χ3n) is 2.03. The van der Waals surface area contributed by atoms with Gasteiger partial charge in [-0.3, -0.25) is 4.98 Å². The van der Waals surface area contributed by atoms with E-state index in [2.05, 4.69) is 30.3 Å². The summed E-state index contributed by atoms with van der Waals surface area (Å²) < 4.78 is 1.29. The molecule has 0 bridgehead atoms. The summed E-state index contributed by atoms with van der Waals surface area (Å²) in [4.78, 5) is 4.22. The van der Waals surface area contributed by atoms with Gasteiger partial charge in [-0.2, -0.15) is 0 Å². The van der Waals surface area contributed by atoms with Crippen molar-refractivity contribution in [3.63, 3.8) is 0 Å². The number of hydrogen-bond acceptors (Lipinski definition) is 2. The van der Waals surface area contributed by atoms with Crippen LogP contribution in [0.25, 0.3) is 10.1 Å². The summed E-state index contributed by atoms with van der Waals surface area (Å²) in [5.74, 6) is 0.566. The van der Waals surface area contributed by atoms with Crippen molar-refractivity contribution in [1.82, 2.24) is 4.98 Å². The zero-order valence-electron chi connectivity index (χ0n) is 7.24. The van der Waals surface area contributed by atoms with Crippen molar-refractivity contribution in [1.29, 1.82) is 0 Å². The summed E-state index contributed by atoms with van der Waals surface area (Å²) in [6.07, 6.45) is 3.91. The van der Waals surface area contributed by atoms with Gasteiger partial charge in [-0.25, -0.2) is 0 Å². The SMILES string of the molecule is CC(C)c1cncc2sccc12. The van der Waals surface area contributed by atoms with Crippen molar-refractivity contribution in [2.24, 2.45) is 0 Å². The van der Waals surface area contributed by atoms with Gasteiger partial charge in [0.05, 0.1) is 4.70 Å². The Bertz CT molecular complexity index is 389. The normalized spacial score (nSPS) is 11.2. The summed E-state index contributed by atoms with van der Waals surface area (Å²) in [6.45, 7) is 4.40. The molecule has 0 N–H and O–H groups in total. The molecule has 62 valence electrons. The highest BCUT2D eigenvalue weighted by atomic mass is 32.1. The van der Waals surface area contributed by atoms with Crippen molar-refractivity contribution in [2.75, 3.05) is 0 Å². The van der Waals surface area contributed by atoms with Gasteiger partial charge in [-0.05, 0) is 28.3 Å². The fraction of sp³-hybridized carbons (Fsp3) is 0.300. The summed E-state index contributed by atoms with van der Waals surface area (Å²) in [6, 6.07) is 2.18. The summed E-state index contributed by atoms with van der Waals surface area (Å²) in [5.41, 5.74) is 1.36. The van der Waals surface area contributed by atoms with E-state index >= 15 is 0 Å². The minimum absolute atomic E-state index is 0.566. The Kier molecular flexibility index (Phi) is 1.85. The molecule has 2 heterocycles. The zero-order valence-corrected chi connectivity index (χ0v) is 8.06. The van der Waals surface area contributed by atoms with E-state index in [1.807, 2.05) is 12.4 Å². The van der Waals surface area contributed by atoms with Gasteiger partial charge in [0.25, 0.3) is 0 Å². The van der Waals surface area contributed by atoms with E-state index in [9.17, 15) is 0 Å². The van der Waals surface area contributed by atoms with Gasteiger partial charge in [-0.15, -0.1) is 11.3 Å². The fourth-order valence-corrected chi connectivity index (χ4v) is 2.16. The number of hydrogen-bond donors (Lipinski definition) is 0. The van der Waals surface area contributed by atoms with Crippen LogP contribution >= 0.6 is 11.3 Å². The number of aromatic nitrogens is 1. The molecule has 0 saturated heterocycles. The Labute approximate surface area is 76.1 Å². The van der Waals surface area contributed by atoms with Crippen LogP contribution in [0.2, 0.25) is 0 Å². The third-order valence-corrected chi connectivity index (χ3v) is 2.89. The van der Waals surface area contributed by atoms with Crippen LogP contribution in [0, 0.1) is 0 Å². The van der Waals surface area contributed by atoms with Gasteiger partial charge in [0.2, 0.25) is 0 Å². The molecule has 2 heteroatoms. The lowest BCUT2D eigenvalue weighted by Crippen LogP contribution is -1.88. The monoisotopic (exact) mass is 177 g/mol. The zero-order chi connectivity index (χ0) is 8.55. The molecule has 0 aliphatic carbocycles. The minimum Gasteiger partial charge on any atom is -0.263 e. The van der Waals surface area contributed by atoms with Crippen LogP contribution in [-0.2, 0) is 0 Å². The number of thiophene rings is 1. The lowest BCUT2D eigenvalue weighted by Gasteiger charge is -2.04. The van der Waals surface area contributed by atoms with Crippen molar-refractivity contribution < 1.29 is 0 Å². The van der Waals surface area contributed by atoms with Crippen LogP contribution in [0.5, 0.6) is 0 Å². The minimum atomic E-state index is 0.566. The van der Waals surface area contributed by atoms with E-state index < -0.39 is 0 Å². The molecular weight excluding hydrogens is 166 g/mol. The highest BCUT2D eigenvalue weighted by Crippen LogP contribution is 2.27. The second-order valence-electron chi connectivity index (χ2n) is 3.22. The first-order valence-corrected chi connectivity index (χ1v) is 4.98. The molecule has 2 rings (SSSR count). The van der Waals surface area contributed by atoms with E-state index in [0.717, 1.165) is 0 Å². The average Bonchev–Trinajstić information content (AvgIpc) is 2.49. The van der Waals surface area contributed by atoms with Crippen LogP contribution < -0.4 is 0 Å². The Morgan fingerprint density at radius 2 is 2.17 bits per heavy atom. The fourth-order valence-electron chi connectivity index (χ4n) is 1.37. The standard InChI is InChI=1S/C10H11NS/c1-7(2)9-5-11-6-10-8(9)3-4-12-10/h3-7H,1-2H3. The van der Waals surface area contributed by atoms with Crippen LogP contribution in [0.4, 0.5) is 0 Å². The van der Waals surface area contributed by atoms with Crippen LogP contribution in [-0.4, -0.2) is 4.98 Å². The molecule has 2 aromatic rings. The lowest BCUT2D eigenvalue weighted by molar-refractivity contribution is 0.869. The maximum Gasteiger partial charge on any atom is 0.0528 e.